The number of nitrogens with two attached hydrogens (primary N) is 2. The van der Waals surface area contributed by atoms with E-state index in [0.29, 0.717) is 29.7 Å². The number of hydrogen-bond donors (Lipinski definition) is 3. The van der Waals surface area contributed by atoms with E-state index in [1.165, 1.54) is 0 Å². The fraction of sp³-hybridized carbons (Fsp3) is 0.273. The molecule has 0 bridgehead atoms. The molecule has 0 aliphatic rings. The molecule has 0 radical (unpaired) electrons. The lowest BCUT2D eigenvalue weighted by Gasteiger charge is -2.07. The van der Waals surface area contributed by atoms with Crippen LogP contribution in [0.4, 0.5) is 11.6 Å². The van der Waals surface area contributed by atoms with Gasteiger partial charge in [-0.05, 0) is 13.0 Å². The Morgan fingerprint density at radius 3 is 2.83 bits per heavy atom. The van der Waals surface area contributed by atoms with Crippen LogP contribution < -0.4 is 16.8 Å². The number of aromatic nitrogens is 4. The molecule has 0 saturated carbocycles. The van der Waals surface area contributed by atoms with Gasteiger partial charge in [0.2, 0.25) is 0 Å². The second kappa shape index (κ2) is 5.87. The first kappa shape index (κ1) is 12.2. The molecule has 0 spiro atoms. The van der Waals surface area contributed by atoms with Crippen molar-refractivity contribution in [3.63, 3.8) is 0 Å². The lowest BCUT2D eigenvalue weighted by Crippen LogP contribution is -2.10. The lowest BCUT2D eigenvalue weighted by molar-refractivity contribution is 0.869. The molecule has 7 nitrogen and oxygen atoms in total. The van der Waals surface area contributed by atoms with Gasteiger partial charge in [-0.15, -0.1) is 0 Å². The SMILES string of the molecule is NCCCNc1cc(N)nc(-c2cnccn2)n1. The van der Waals surface area contributed by atoms with Crippen LogP contribution in [0.5, 0.6) is 0 Å². The second-order valence-electron chi connectivity index (χ2n) is 3.66. The highest BCUT2D eigenvalue weighted by atomic mass is 15.1. The van der Waals surface area contributed by atoms with E-state index >= 15 is 0 Å². The number of nitrogen functional groups attached to an aromatic ring is 1. The molecule has 0 fully saturated rings. The Hall–Kier alpha value is -2.28. The molecule has 2 rings (SSSR count). The Bertz CT molecular complexity index is 500. The molecule has 2 aromatic heterocycles. The quantitative estimate of drug-likeness (QED) is 0.648. The molecule has 94 valence electrons. The molecular formula is C11H15N7. The van der Waals surface area contributed by atoms with E-state index in [9.17, 15) is 0 Å². The number of nitrogens with zero attached hydrogens (tertiary/aromatic N) is 4. The predicted octanol–water partition coefficient (Wildman–Crippen LogP) is 0.276. The third-order valence-electron chi connectivity index (χ3n) is 2.23. The molecule has 0 aliphatic heterocycles. The molecule has 0 saturated heterocycles. The van der Waals surface area contributed by atoms with Gasteiger partial charge in [0.25, 0.3) is 0 Å². The highest BCUT2D eigenvalue weighted by Gasteiger charge is 2.06. The van der Waals surface area contributed by atoms with E-state index in [1.807, 2.05) is 0 Å². The summed E-state index contributed by atoms with van der Waals surface area (Å²) in [5, 5.41) is 3.14. The minimum atomic E-state index is 0.390. The molecule has 0 aromatic carbocycles. The minimum absolute atomic E-state index is 0.390. The van der Waals surface area contributed by atoms with E-state index in [-0.39, 0.29) is 0 Å². The Morgan fingerprint density at radius 1 is 1.22 bits per heavy atom. The first-order valence-corrected chi connectivity index (χ1v) is 5.64. The van der Waals surface area contributed by atoms with Crippen LogP contribution in [-0.4, -0.2) is 33.0 Å². The monoisotopic (exact) mass is 245 g/mol. The van der Waals surface area contributed by atoms with E-state index < -0.39 is 0 Å². The Morgan fingerprint density at radius 2 is 2.11 bits per heavy atom. The van der Waals surface area contributed by atoms with Crippen LogP contribution in [0, 0.1) is 0 Å². The van der Waals surface area contributed by atoms with Gasteiger partial charge in [-0.3, -0.25) is 4.98 Å². The number of rotatable bonds is 5. The van der Waals surface area contributed by atoms with Crippen LogP contribution in [0.1, 0.15) is 6.42 Å². The van der Waals surface area contributed by atoms with Crippen LogP contribution >= 0.6 is 0 Å². The summed E-state index contributed by atoms with van der Waals surface area (Å²) in [6, 6.07) is 1.68. The largest absolute Gasteiger partial charge is 0.384 e. The lowest BCUT2D eigenvalue weighted by atomic mass is 10.4. The summed E-state index contributed by atoms with van der Waals surface area (Å²) >= 11 is 0. The van der Waals surface area contributed by atoms with E-state index in [2.05, 4.69) is 25.3 Å². The Labute approximate surface area is 105 Å². The van der Waals surface area contributed by atoms with Crippen molar-refractivity contribution in [2.75, 3.05) is 24.1 Å². The smallest absolute Gasteiger partial charge is 0.183 e. The maximum absolute atomic E-state index is 5.74. The summed E-state index contributed by atoms with van der Waals surface area (Å²) in [5.41, 5.74) is 11.8. The minimum Gasteiger partial charge on any atom is -0.384 e. The third kappa shape index (κ3) is 3.11. The highest BCUT2D eigenvalue weighted by molar-refractivity contribution is 5.56. The molecule has 5 N–H and O–H groups in total. The van der Waals surface area contributed by atoms with Gasteiger partial charge in [0, 0.05) is 25.0 Å². The van der Waals surface area contributed by atoms with Crippen LogP contribution in [-0.2, 0) is 0 Å². The van der Waals surface area contributed by atoms with Crippen molar-refractivity contribution in [3.05, 3.63) is 24.7 Å². The summed E-state index contributed by atoms with van der Waals surface area (Å²) in [6.07, 6.45) is 5.64. The van der Waals surface area contributed by atoms with Crippen molar-refractivity contribution >= 4 is 11.6 Å². The van der Waals surface area contributed by atoms with Gasteiger partial charge < -0.3 is 16.8 Å². The molecule has 0 amide bonds. The predicted molar refractivity (Wildman–Crippen MR) is 69.6 cm³/mol. The van der Waals surface area contributed by atoms with Gasteiger partial charge in [0.15, 0.2) is 5.82 Å². The molecule has 0 aliphatic carbocycles. The summed E-state index contributed by atoms with van der Waals surface area (Å²) in [7, 11) is 0. The molecule has 0 unspecified atom stereocenters. The molecule has 2 heterocycles. The van der Waals surface area contributed by atoms with Crippen LogP contribution in [0.15, 0.2) is 24.7 Å². The number of anilines is 2. The highest BCUT2D eigenvalue weighted by Crippen LogP contribution is 2.15. The maximum atomic E-state index is 5.74. The molecular weight excluding hydrogens is 230 g/mol. The number of nitrogens with one attached hydrogen (secondary N) is 1. The zero-order valence-corrected chi connectivity index (χ0v) is 9.87. The summed E-state index contributed by atoms with van der Waals surface area (Å²) in [4.78, 5) is 16.6. The van der Waals surface area contributed by atoms with E-state index in [1.54, 1.807) is 24.7 Å². The van der Waals surface area contributed by atoms with Gasteiger partial charge in [-0.25, -0.2) is 15.0 Å². The van der Waals surface area contributed by atoms with Gasteiger partial charge in [0.1, 0.15) is 17.3 Å². The van der Waals surface area contributed by atoms with Gasteiger partial charge in [-0.2, -0.15) is 0 Å². The first-order chi connectivity index (χ1) is 8.79. The summed E-state index contributed by atoms with van der Waals surface area (Å²) in [6.45, 7) is 1.37. The summed E-state index contributed by atoms with van der Waals surface area (Å²) < 4.78 is 0. The van der Waals surface area contributed by atoms with Crippen LogP contribution in [0.25, 0.3) is 11.5 Å². The van der Waals surface area contributed by atoms with Crippen molar-refractivity contribution in [1.82, 2.24) is 19.9 Å². The average Bonchev–Trinajstić information content (AvgIpc) is 2.39. The van der Waals surface area contributed by atoms with Crippen molar-refractivity contribution in [2.24, 2.45) is 5.73 Å². The molecule has 2 aromatic rings. The zero-order chi connectivity index (χ0) is 12.8. The molecule has 7 heteroatoms. The topological polar surface area (TPSA) is 116 Å². The van der Waals surface area contributed by atoms with Crippen molar-refractivity contribution in [2.45, 2.75) is 6.42 Å². The Kier molecular flexibility index (Phi) is 3.98. The Balaban J connectivity index is 2.21. The molecule has 0 atom stereocenters. The fourth-order valence-electron chi connectivity index (χ4n) is 1.40. The second-order valence-corrected chi connectivity index (χ2v) is 3.66. The van der Waals surface area contributed by atoms with Crippen molar-refractivity contribution < 1.29 is 0 Å². The fourth-order valence-corrected chi connectivity index (χ4v) is 1.40. The van der Waals surface area contributed by atoms with Gasteiger partial charge in [-0.1, -0.05) is 0 Å². The number of hydrogen-bond acceptors (Lipinski definition) is 7. The first-order valence-electron chi connectivity index (χ1n) is 5.64. The molecule has 18 heavy (non-hydrogen) atoms. The van der Waals surface area contributed by atoms with E-state index in [0.717, 1.165) is 13.0 Å². The van der Waals surface area contributed by atoms with Gasteiger partial charge in [0.05, 0.1) is 6.20 Å². The van der Waals surface area contributed by atoms with Crippen molar-refractivity contribution in [3.8, 4) is 11.5 Å². The maximum Gasteiger partial charge on any atom is 0.183 e. The summed E-state index contributed by atoms with van der Waals surface area (Å²) in [5.74, 6) is 1.51. The van der Waals surface area contributed by atoms with Crippen LogP contribution in [0.2, 0.25) is 0 Å². The normalized spacial score (nSPS) is 10.3. The van der Waals surface area contributed by atoms with Crippen molar-refractivity contribution in [1.29, 1.82) is 0 Å². The third-order valence-corrected chi connectivity index (χ3v) is 2.23. The van der Waals surface area contributed by atoms with Gasteiger partial charge >= 0.3 is 0 Å². The standard InChI is InChI=1S/C11H15N7/c12-2-1-3-16-10-6-9(13)17-11(18-10)8-7-14-4-5-15-8/h4-7H,1-3,12H2,(H3,13,16,17,18). The average molecular weight is 245 g/mol. The van der Waals surface area contributed by atoms with Crippen LogP contribution in [0.3, 0.4) is 0 Å². The zero-order valence-electron chi connectivity index (χ0n) is 9.87. The van der Waals surface area contributed by atoms with E-state index in [4.69, 9.17) is 11.5 Å².